The van der Waals surface area contributed by atoms with Crippen molar-refractivity contribution < 1.29 is 9.47 Å². The summed E-state index contributed by atoms with van der Waals surface area (Å²) in [5, 5.41) is 3.85. The summed E-state index contributed by atoms with van der Waals surface area (Å²) in [6.07, 6.45) is 8.10. The van der Waals surface area contributed by atoms with E-state index in [0.29, 0.717) is 23.5 Å². The molecule has 0 aromatic rings. The zero-order valence-electron chi connectivity index (χ0n) is 16.8. The highest BCUT2D eigenvalue weighted by molar-refractivity contribution is 14.0. The van der Waals surface area contributed by atoms with Gasteiger partial charge in [0.1, 0.15) is 0 Å². The summed E-state index contributed by atoms with van der Waals surface area (Å²) in [6, 6.07) is 0.530. The van der Waals surface area contributed by atoms with Crippen LogP contribution in [-0.2, 0) is 9.47 Å². The van der Waals surface area contributed by atoms with Crippen molar-refractivity contribution in [2.75, 3.05) is 39.5 Å². The zero-order valence-corrected chi connectivity index (χ0v) is 19.2. The summed E-state index contributed by atoms with van der Waals surface area (Å²) in [5.41, 5.74) is 0.356. The molecule has 2 saturated carbocycles. The Morgan fingerprint density at radius 2 is 1.96 bits per heavy atom. The maximum atomic E-state index is 6.06. The van der Waals surface area contributed by atoms with Crippen LogP contribution >= 0.6 is 24.0 Å². The van der Waals surface area contributed by atoms with Crippen molar-refractivity contribution in [3.8, 4) is 0 Å². The first-order valence-electron chi connectivity index (χ1n) is 10.5. The number of nitrogens with one attached hydrogen (secondary N) is 1. The summed E-state index contributed by atoms with van der Waals surface area (Å²) >= 11 is 0. The van der Waals surface area contributed by atoms with Crippen molar-refractivity contribution in [1.82, 2.24) is 10.2 Å². The molecule has 1 N–H and O–H groups in total. The molecule has 3 atom stereocenters. The van der Waals surface area contributed by atoms with Crippen molar-refractivity contribution in [2.24, 2.45) is 16.3 Å². The molecule has 3 rings (SSSR count). The zero-order chi connectivity index (χ0) is 17.7. The molecule has 1 heterocycles. The Morgan fingerprint density at radius 1 is 1.19 bits per heavy atom. The standard InChI is InChI=1S/C20H37N3O2.HI/c1-4-21-19(23-12-9-16(14-23)15-24-5-2)22-17-13-18(25-6-3)20(17)10-7-8-11-20;/h16-18H,4-15H2,1-3H3,(H,21,22);1H. The second kappa shape index (κ2) is 10.5. The molecule has 3 aliphatic rings. The molecular weight excluding hydrogens is 441 g/mol. The van der Waals surface area contributed by atoms with E-state index in [9.17, 15) is 0 Å². The molecule has 0 aromatic heterocycles. The van der Waals surface area contributed by atoms with Gasteiger partial charge >= 0.3 is 0 Å². The SMILES string of the molecule is CCN=C(NC1CC(OCC)C12CCCC2)N1CCC(COCC)C1.I. The molecule has 5 nitrogen and oxygen atoms in total. The van der Waals surface area contributed by atoms with Crippen LogP contribution in [0, 0.1) is 11.3 Å². The monoisotopic (exact) mass is 479 g/mol. The number of hydrogen-bond donors (Lipinski definition) is 1. The van der Waals surface area contributed by atoms with Gasteiger partial charge in [0, 0.05) is 50.2 Å². The molecule has 1 spiro atoms. The number of ether oxygens (including phenoxy) is 2. The topological polar surface area (TPSA) is 46.1 Å². The molecule has 2 aliphatic carbocycles. The van der Waals surface area contributed by atoms with Gasteiger partial charge < -0.3 is 19.7 Å². The minimum absolute atomic E-state index is 0. The predicted molar refractivity (Wildman–Crippen MR) is 117 cm³/mol. The van der Waals surface area contributed by atoms with E-state index in [1.54, 1.807) is 0 Å². The van der Waals surface area contributed by atoms with Gasteiger partial charge in [-0.25, -0.2) is 0 Å². The Labute approximate surface area is 176 Å². The fraction of sp³-hybridized carbons (Fsp3) is 0.950. The van der Waals surface area contributed by atoms with E-state index in [2.05, 4.69) is 31.0 Å². The second-order valence-corrected chi connectivity index (χ2v) is 7.88. The van der Waals surface area contributed by atoms with Crippen molar-refractivity contribution in [2.45, 2.75) is 71.4 Å². The van der Waals surface area contributed by atoms with Crippen LogP contribution in [0.1, 0.15) is 59.3 Å². The molecular formula is C20H38IN3O2. The number of hydrogen-bond acceptors (Lipinski definition) is 3. The van der Waals surface area contributed by atoms with Crippen LogP contribution in [0.15, 0.2) is 4.99 Å². The lowest BCUT2D eigenvalue weighted by Gasteiger charge is -2.54. The predicted octanol–water partition coefficient (Wildman–Crippen LogP) is 3.67. The van der Waals surface area contributed by atoms with Gasteiger partial charge in [-0.05, 0) is 46.5 Å². The van der Waals surface area contributed by atoms with E-state index in [-0.39, 0.29) is 24.0 Å². The second-order valence-electron chi connectivity index (χ2n) is 7.88. The highest BCUT2D eigenvalue weighted by atomic mass is 127. The van der Waals surface area contributed by atoms with Crippen LogP contribution in [0.5, 0.6) is 0 Å². The Hall–Kier alpha value is -0.0800. The number of guanidine groups is 1. The molecule has 6 heteroatoms. The molecule has 0 radical (unpaired) electrons. The fourth-order valence-electron chi connectivity index (χ4n) is 5.08. The molecule has 152 valence electrons. The average Bonchev–Trinajstić information content (AvgIpc) is 3.29. The summed E-state index contributed by atoms with van der Waals surface area (Å²) in [7, 11) is 0. The van der Waals surface area contributed by atoms with Gasteiger partial charge in [0.2, 0.25) is 0 Å². The van der Waals surface area contributed by atoms with Gasteiger partial charge in [-0.15, -0.1) is 24.0 Å². The summed E-state index contributed by atoms with van der Waals surface area (Å²) in [5.74, 6) is 1.76. The highest BCUT2D eigenvalue weighted by Gasteiger charge is 2.57. The third kappa shape index (κ3) is 4.66. The van der Waals surface area contributed by atoms with E-state index in [1.165, 1.54) is 32.1 Å². The van der Waals surface area contributed by atoms with Crippen molar-refractivity contribution >= 4 is 29.9 Å². The van der Waals surface area contributed by atoms with E-state index >= 15 is 0 Å². The number of aliphatic imine (C=N–C) groups is 1. The lowest BCUT2D eigenvalue weighted by molar-refractivity contribution is -0.126. The van der Waals surface area contributed by atoms with E-state index in [4.69, 9.17) is 14.5 Å². The molecule has 0 amide bonds. The van der Waals surface area contributed by atoms with Crippen LogP contribution in [0.2, 0.25) is 0 Å². The molecule has 26 heavy (non-hydrogen) atoms. The lowest BCUT2D eigenvalue weighted by Crippen LogP contribution is -2.65. The summed E-state index contributed by atoms with van der Waals surface area (Å²) < 4.78 is 11.7. The number of rotatable bonds is 7. The van der Waals surface area contributed by atoms with E-state index in [0.717, 1.165) is 51.8 Å². The van der Waals surface area contributed by atoms with Crippen LogP contribution < -0.4 is 5.32 Å². The number of nitrogens with zero attached hydrogens (tertiary/aromatic N) is 2. The van der Waals surface area contributed by atoms with Gasteiger partial charge in [-0.2, -0.15) is 0 Å². The molecule has 3 unspecified atom stereocenters. The summed E-state index contributed by atoms with van der Waals surface area (Å²) in [4.78, 5) is 7.27. The van der Waals surface area contributed by atoms with Crippen LogP contribution in [-0.4, -0.2) is 62.5 Å². The highest BCUT2D eigenvalue weighted by Crippen LogP contribution is 2.54. The molecule has 1 aliphatic heterocycles. The van der Waals surface area contributed by atoms with E-state index < -0.39 is 0 Å². The Morgan fingerprint density at radius 3 is 2.62 bits per heavy atom. The van der Waals surface area contributed by atoms with Gasteiger partial charge in [0.15, 0.2) is 5.96 Å². The van der Waals surface area contributed by atoms with Crippen LogP contribution in [0.25, 0.3) is 0 Å². The average molecular weight is 479 g/mol. The first-order chi connectivity index (χ1) is 12.2. The van der Waals surface area contributed by atoms with Gasteiger partial charge in [-0.1, -0.05) is 12.8 Å². The maximum Gasteiger partial charge on any atom is 0.194 e. The van der Waals surface area contributed by atoms with Crippen molar-refractivity contribution in [3.05, 3.63) is 0 Å². The lowest BCUT2D eigenvalue weighted by atomic mass is 9.60. The van der Waals surface area contributed by atoms with Crippen molar-refractivity contribution in [1.29, 1.82) is 0 Å². The number of halogens is 1. The van der Waals surface area contributed by atoms with Gasteiger partial charge in [0.05, 0.1) is 12.7 Å². The minimum Gasteiger partial charge on any atom is -0.381 e. The van der Waals surface area contributed by atoms with Crippen LogP contribution in [0.4, 0.5) is 0 Å². The summed E-state index contributed by atoms with van der Waals surface area (Å²) in [6.45, 7) is 11.9. The van der Waals surface area contributed by atoms with Gasteiger partial charge in [0.25, 0.3) is 0 Å². The minimum atomic E-state index is 0. The first kappa shape index (κ1) is 22.2. The maximum absolute atomic E-state index is 6.06. The fourth-order valence-corrected chi connectivity index (χ4v) is 5.08. The van der Waals surface area contributed by atoms with Crippen molar-refractivity contribution in [3.63, 3.8) is 0 Å². The molecule has 1 saturated heterocycles. The Balaban J connectivity index is 0.00000243. The molecule has 0 aromatic carbocycles. The largest absolute Gasteiger partial charge is 0.381 e. The van der Waals surface area contributed by atoms with E-state index in [1.807, 2.05) is 0 Å². The molecule has 3 fully saturated rings. The number of likely N-dealkylation sites (tertiary alicyclic amines) is 1. The van der Waals surface area contributed by atoms with Gasteiger partial charge in [-0.3, -0.25) is 4.99 Å². The third-order valence-electron chi connectivity index (χ3n) is 6.44. The third-order valence-corrected chi connectivity index (χ3v) is 6.44. The Bertz CT molecular complexity index is 454. The normalized spacial score (nSPS) is 30.3. The van der Waals surface area contributed by atoms with Crippen LogP contribution in [0.3, 0.4) is 0 Å². The Kier molecular flexibility index (Phi) is 8.94. The molecule has 0 bridgehead atoms. The smallest absolute Gasteiger partial charge is 0.194 e. The first-order valence-corrected chi connectivity index (χ1v) is 10.5. The quantitative estimate of drug-likeness (QED) is 0.344.